The highest BCUT2D eigenvalue weighted by molar-refractivity contribution is 5.90. The maximum absolute atomic E-state index is 12.7. The van der Waals surface area contributed by atoms with Gasteiger partial charge in [0.05, 0.1) is 6.54 Å². The predicted molar refractivity (Wildman–Crippen MR) is 90.9 cm³/mol. The van der Waals surface area contributed by atoms with Gasteiger partial charge in [-0.15, -0.1) is 0 Å². The number of aromatic nitrogens is 1. The van der Waals surface area contributed by atoms with E-state index in [0.29, 0.717) is 6.54 Å². The molecular weight excluding hydrogens is 274 g/mol. The van der Waals surface area contributed by atoms with E-state index >= 15 is 0 Å². The molecule has 22 heavy (non-hydrogen) atoms. The van der Waals surface area contributed by atoms with E-state index in [0.717, 1.165) is 23.4 Å². The molecule has 2 rings (SSSR count). The molecule has 0 fully saturated rings. The van der Waals surface area contributed by atoms with Gasteiger partial charge in [-0.2, -0.15) is 0 Å². The number of benzene rings is 1. The molecule has 0 radical (unpaired) electrons. The molecule has 0 aliphatic rings. The van der Waals surface area contributed by atoms with Gasteiger partial charge in [0.25, 0.3) is 0 Å². The molecule has 1 aromatic heterocycles. The smallest absolute Gasteiger partial charge is 0.322 e. The summed E-state index contributed by atoms with van der Waals surface area (Å²) in [5.74, 6) is 0. The molecule has 2 aromatic rings. The summed E-state index contributed by atoms with van der Waals surface area (Å²) in [5, 5.41) is 3.05. The molecule has 4 nitrogen and oxygen atoms in total. The number of carbonyl (C=O) groups excluding carboxylic acids is 1. The van der Waals surface area contributed by atoms with Gasteiger partial charge in [0.15, 0.2) is 0 Å². The molecule has 1 aromatic carbocycles. The summed E-state index contributed by atoms with van der Waals surface area (Å²) in [6.07, 6.45) is 2.90. The second kappa shape index (κ2) is 7.16. The highest BCUT2D eigenvalue weighted by atomic mass is 16.2. The number of nitrogens with zero attached hydrogens (tertiary/aromatic N) is 2. The number of para-hydroxylation sites is 1. The number of hydrogen-bond donors (Lipinski definition) is 1. The summed E-state index contributed by atoms with van der Waals surface area (Å²) in [5.41, 5.74) is 3.17. The quantitative estimate of drug-likeness (QED) is 0.889. The third-order valence-corrected chi connectivity index (χ3v) is 3.91. The molecule has 118 valence electrons. The lowest BCUT2D eigenvalue weighted by Crippen LogP contribution is -2.40. The van der Waals surface area contributed by atoms with Crippen LogP contribution in [0.25, 0.3) is 0 Å². The fourth-order valence-corrected chi connectivity index (χ4v) is 2.46. The predicted octanol–water partition coefficient (Wildman–Crippen LogP) is 4.03. The van der Waals surface area contributed by atoms with Crippen molar-refractivity contribution >= 4 is 11.7 Å². The van der Waals surface area contributed by atoms with Crippen molar-refractivity contribution in [3.8, 4) is 0 Å². The average molecular weight is 299 g/mol. The van der Waals surface area contributed by atoms with Gasteiger partial charge in [-0.05, 0) is 44.0 Å². The fraction of sp³-hybridized carbons (Fsp3) is 0.389. The largest absolute Gasteiger partial charge is 0.353 e. The molecule has 0 atom stereocenters. The summed E-state index contributed by atoms with van der Waals surface area (Å²) in [6, 6.07) is 12.1. The minimum atomic E-state index is -0.0582. The minimum absolute atomic E-state index is 0.0582. The summed E-state index contributed by atoms with van der Waals surface area (Å²) < 4.78 is 2.04. The zero-order chi connectivity index (χ0) is 16.1. The molecular formula is C18H25N3O. The van der Waals surface area contributed by atoms with Crippen LogP contribution < -0.4 is 5.32 Å². The van der Waals surface area contributed by atoms with E-state index in [1.807, 2.05) is 73.0 Å². The Labute approximate surface area is 132 Å². The Morgan fingerprint density at radius 1 is 1.23 bits per heavy atom. The van der Waals surface area contributed by atoms with Crippen molar-refractivity contribution in [2.24, 2.45) is 7.05 Å². The van der Waals surface area contributed by atoms with Gasteiger partial charge in [-0.3, -0.25) is 0 Å². The summed E-state index contributed by atoms with van der Waals surface area (Å²) in [6.45, 7) is 6.76. The van der Waals surface area contributed by atoms with Crippen LogP contribution in [0.1, 0.15) is 32.0 Å². The highest BCUT2D eigenvalue weighted by Crippen LogP contribution is 2.17. The maximum atomic E-state index is 12.7. The van der Waals surface area contributed by atoms with Crippen molar-refractivity contribution < 1.29 is 4.79 Å². The highest BCUT2D eigenvalue weighted by Gasteiger charge is 2.19. The van der Waals surface area contributed by atoms with E-state index in [9.17, 15) is 4.79 Å². The van der Waals surface area contributed by atoms with E-state index in [2.05, 4.69) is 12.2 Å². The van der Waals surface area contributed by atoms with Crippen LogP contribution in [0.2, 0.25) is 0 Å². The van der Waals surface area contributed by atoms with Crippen LogP contribution in [0.15, 0.2) is 42.6 Å². The van der Waals surface area contributed by atoms with E-state index in [1.54, 1.807) is 0 Å². The summed E-state index contributed by atoms with van der Waals surface area (Å²) >= 11 is 0. The Bertz CT molecular complexity index is 631. The number of carbonyl (C=O) groups is 1. The zero-order valence-electron chi connectivity index (χ0n) is 13.8. The van der Waals surface area contributed by atoms with Crippen LogP contribution in [0, 0.1) is 0 Å². The lowest BCUT2D eigenvalue weighted by atomic mass is 10.1. The minimum Gasteiger partial charge on any atom is -0.353 e. The number of nitrogens with one attached hydrogen (secondary N) is 1. The Hall–Kier alpha value is -2.23. The van der Waals surface area contributed by atoms with Gasteiger partial charge in [0, 0.05) is 30.7 Å². The second-order valence-corrected chi connectivity index (χ2v) is 5.77. The van der Waals surface area contributed by atoms with Crippen molar-refractivity contribution in [1.29, 1.82) is 0 Å². The summed E-state index contributed by atoms with van der Waals surface area (Å²) in [4.78, 5) is 14.5. The first-order valence-corrected chi connectivity index (χ1v) is 7.78. The number of urea groups is 1. The van der Waals surface area contributed by atoms with Gasteiger partial charge in [0.1, 0.15) is 0 Å². The standard InChI is InChI=1S/C18H25N3O/c1-5-15-9-6-7-11-17(15)19-18(22)21(14(2)3)13-16-10-8-12-20(16)4/h6-12,14H,5,13H2,1-4H3,(H,19,22). The molecule has 0 unspecified atom stereocenters. The van der Waals surface area contributed by atoms with Crippen LogP contribution in [0.3, 0.4) is 0 Å². The Kier molecular flexibility index (Phi) is 5.26. The summed E-state index contributed by atoms with van der Waals surface area (Å²) in [7, 11) is 2.00. The van der Waals surface area contributed by atoms with Crippen LogP contribution in [0.5, 0.6) is 0 Å². The molecule has 4 heteroatoms. The first-order valence-electron chi connectivity index (χ1n) is 7.78. The lowest BCUT2D eigenvalue weighted by molar-refractivity contribution is 0.192. The van der Waals surface area contributed by atoms with Crippen molar-refractivity contribution in [2.45, 2.75) is 39.8 Å². The van der Waals surface area contributed by atoms with Crippen LogP contribution in [-0.4, -0.2) is 21.5 Å². The second-order valence-electron chi connectivity index (χ2n) is 5.77. The Balaban J connectivity index is 2.15. The molecule has 2 amide bonds. The SMILES string of the molecule is CCc1ccccc1NC(=O)N(Cc1cccn1C)C(C)C. The van der Waals surface area contributed by atoms with Gasteiger partial charge >= 0.3 is 6.03 Å². The van der Waals surface area contributed by atoms with Gasteiger partial charge in [0.2, 0.25) is 0 Å². The molecule has 1 heterocycles. The molecule has 1 N–H and O–H groups in total. The number of amides is 2. The van der Waals surface area contributed by atoms with Crippen molar-refractivity contribution in [2.75, 3.05) is 5.32 Å². The van der Waals surface area contributed by atoms with Crippen LogP contribution >= 0.6 is 0 Å². The lowest BCUT2D eigenvalue weighted by Gasteiger charge is -2.27. The van der Waals surface area contributed by atoms with E-state index in [-0.39, 0.29) is 12.1 Å². The van der Waals surface area contributed by atoms with Crippen LogP contribution in [-0.2, 0) is 20.0 Å². The monoisotopic (exact) mass is 299 g/mol. The zero-order valence-corrected chi connectivity index (χ0v) is 13.8. The van der Waals surface area contributed by atoms with Gasteiger partial charge < -0.3 is 14.8 Å². The molecule has 0 bridgehead atoms. The first kappa shape index (κ1) is 16.1. The number of aryl methyl sites for hydroxylation is 2. The third-order valence-electron chi connectivity index (χ3n) is 3.91. The molecule has 0 aliphatic heterocycles. The Morgan fingerprint density at radius 3 is 2.55 bits per heavy atom. The number of rotatable bonds is 5. The van der Waals surface area contributed by atoms with E-state index < -0.39 is 0 Å². The van der Waals surface area contributed by atoms with Gasteiger partial charge in [-0.25, -0.2) is 4.79 Å². The topological polar surface area (TPSA) is 37.3 Å². The fourth-order valence-electron chi connectivity index (χ4n) is 2.46. The maximum Gasteiger partial charge on any atom is 0.322 e. The Morgan fingerprint density at radius 2 is 1.95 bits per heavy atom. The van der Waals surface area contributed by atoms with Gasteiger partial charge in [-0.1, -0.05) is 25.1 Å². The number of hydrogen-bond acceptors (Lipinski definition) is 1. The third kappa shape index (κ3) is 3.70. The van der Waals surface area contributed by atoms with Crippen molar-refractivity contribution in [3.63, 3.8) is 0 Å². The normalized spacial score (nSPS) is 10.8. The van der Waals surface area contributed by atoms with Crippen molar-refractivity contribution in [1.82, 2.24) is 9.47 Å². The number of anilines is 1. The first-order chi connectivity index (χ1) is 10.5. The molecule has 0 saturated heterocycles. The average Bonchev–Trinajstić information content (AvgIpc) is 2.90. The van der Waals surface area contributed by atoms with E-state index in [4.69, 9.17) is 0 Å². The molecule has 0 saturated carbocycles. The molecule has 0 aliphatic carbocycles. The van der Waals surface area contributed by atoms with Crippen LogP contribution in [0.4, 0.5) is 10.5 Å². The van der Waals surface area contributed by atoms with E-state index in [1.165, 1.54) is 0 Å². The molecule has 0 spiro atoms. The van der Waals surface area contributed by atoms with Crippen molar-refractivity contribution in [3.05, 3.63) is 53.9 Å².